The lowest BCUT2D eigenvalue weighted by Gasteiger charge is -2.25. The monoisotopic (exact) mass is 279 g/mol. The third-order valence-electron chi connectivity index (χ3n) is 3.97. The second-order valence-electron chi connectivity index (χ2n) is 6.53. The number of carbonyl (C=O) groups excluding carboxylic acids is 1. The summed E-state index contributed by atoms with van der Waals surface area (Å²) in [5, 5.41) is 11.9. The van der Waals surface area contributed by atoms with E-state index in [1.807, 2.05) is 26.0 Å². The molecule has 1 aromatic rings. The van der Waals surface area contributed by atoms with Crippen molar-refractivity contribution in [2.24, 2.45) is 5.92 Å². The first-order valence-electron chi connectivity index (χ1n) is 7.42. The highest BCUT2D eigenvalue weighted by Gasteiger charge is 2.36. The van der Waals surface area contributed by atoms with Crippen LogP contribution in [0.3, 0.4) is 0 Å². The Morgan fingerprint density at radius 2 is 2.20 bits per heavy atom. The van der Waals surface area contributed by atoms with Gasteiger partial charge in [-0.05, 0) is 44.7 Å². The van der Waals surface area contributed by atoms with Crippen molar-refractivity contribution in [1.82, 2.24) is 5.32 Å². The van der Waals surface area contributed by atoms with Gasteiger partial charge in [0.25, 0.3) is 0 Å². The van der Waals surface area contributed by atoms with E-state index in [1.54, 1.807) is 0 Å². The van der Waals surface area contributed by atoms with Gasteiger partial charge in [-0.1, -0.05) is 6.92 Å². The van der Waals surface area contributed by atoms with E-state index in [9.17, 15) is 4.79 Å². The molecule has 2 unspecified atom stereocenters. The van der Waals surface area contributed by atoms with Gasteiger partial charge < -0.3 is 14.8 Å². The molecule has 0 saturated heterocycles. The summed E-state index contributed by atoms with van der Waals surface area (Å²) >= 11 is 0. The number of nitrogens with one attached hydrogen (secondary N) is 1. The Bertz CT molecular complexity index is 464. The summed E-state index contributed by atoms with van der Waals surface area (Å²) in [5.41, 5.74) is -0.358. The van der Waals surface area contributed by atoms with Crippen LogP contribution in [0.5, 0.6) is 0 Å². The van der Waals surface area contributed by atoms with Crippen molar-refractivity contribution in [3.05, 3.63) is 23.7 Å². The van der Waals surface area contributed by atoms with Crippen LogP contribution in [0.2, 0.25) is 0 Å². The molecule has 0 radical (unpaired) electrons. The van der Waals surface area contributed by atoms with E-state index in [0.29, 0.717) is 25.2 Å². The van der Waals surface area contributed by atoms with Gasteiger partial charge in [-0.25, -0.2) is 0 Å². The van der Waals surface area contributed by atoms with Crippen LogP contribution >= 0.6 is 0 Å². The molecule has 2 rings (SSSR count). The van der Waals surface area contributed by atoms with Gasteiger partial charge in [0.05, 0.1) is 0 Å². The summed E-state index contributed by atoms with van der Waals surface area (Å²) in [6.07, 6.45) is 2.82. The average molecular weight is 279 g/mol. The van der Waals surface area contributed by atoms with Crippen molar-refractivity contribution in [3.63, 3.8) is 0 Å². The molecule has 0 aliphatic heterocycles. The number of hydrogen-bond donors (Lipinski definition) is 2. The van der Waals surface area contributed by atoms with Crippen molar-refractivity contribution in [2.45, 2.75) is 57.9 Å². The molecule has 1 aromatic heterocycles. The third kappa shape index (κ3) is 4.10. The zero-order valence-corrected chi connectivity index (χ0v) is 12.6. The Hall–Kier alpha value is -1.29. The Balaban J connectivity index is 1.77. The molecular formula is C16H25NO3. The molecule has 1 heterocycles. The van der Waals surface area contributed by atoms with E-state index < -0.39 is 0 Å². The standard InChI is InChI=1S/C16H25NO3/c1-11-10-13(11)14-6-4-12(20-14)5-7-15(19)17-16(2,3)8-9-18/h4,6,11,13,18H,5,7-10H2,1-3H3,(H,17,19). The molecule has 1 aliphatic carbocycles. The summed E-state index contributed by atoms with van der Waals surface area (Å²) in [6, 6.07) is 4.02. The molecule has 1 amide bonds. The maximum atomic E-state index is 11.9. The van der Waals surface area contributed by atoms with Crippen LogP contribution in [0.15, 0.2) is 16.5 Å². The first-order valence-corrected chi connectivity index (χ1v) is 7.42. The minimum atomic E-state index is -0.358. The molecule has 112 valence electrons. The predicted molar refractivity (Wildman–Crippen MR) is 77.5 cm³/mol. The van der Waals surface area contributed by atoms with Crippen molar-refractivity contribution in [2.75, 3.05) is 6.61 Å². The van der Waals surface area contributed by atoms with E-state index in [0.717, 1.165) is 17.4 Å². The molecule has 20 heavy (non-hydrogen) atoms. The number of aliphatic hydroxyl groups is 1. The molecule has 1 fully saturated rings. The summed E-state index contributed by atoms with van der Waals surface area (Å²) in [6.45, 7) is 6.14. The van der Waals surface area contributed by atoms with Crippen LogP contribution in [0.4, 0.5) is 0 Å². The minimum Gasteiger partial charge on any atom is -0.466 e. The Kier molecular flexibility index (Phi) is 4.53. The fourth-order valence-electron chi connectivity index (χ4n) is 2.47. The van der Waals surface area contributed by atoms with Crippen LogP contribution in [0.1, 0.15) is 57.5 Å². The van der Waals surface area contributed by atoms with Gasteiger partial charge in [-0.15, -0.1) is 0 Å². The Morgan fingerprint density at radius 1 is 1.50 bits per heavy atom. The zero-order chi connectivity index (χ0) is 14.8. The molecule has 2 N–H and O–H groups in total. The lowest BCUT2D eigenvalue weighted by atomic mass is 10.0. The zero-order valence-electron chi connectivity index (χ0n) is 12.6. The Morgan fingerprint density at radius 3 is 2.80 bits per heavy atom. The Labute approximate surface area is 120 Å². The van der Waals surface area contributed by atoms with Gasteiger partial charge in [0.1, 0.15) is 11.5 Å². The molecule has 0 bridgehead atoms. The molecule has 2 atom stereocenters. The SMILES string of the molecule is CC1CC1c1ccc(CCC(=O)NC(C)(C)CCO)o1. The smallest absolute Gasteiger partial charge is 0.220 e. The predicted octanol–water partition coefficient (Wildman–Crippen LogP) is 2.61. The van der Waals surface area contributed by atoms with Crippen molar-refractivity contribution in [3.8, 4) is 0 Å². The number of aliphatic hydroxyl groups excluding tert-OH is 1. The fraction of sp³-hybridized carbons (Fsp3) is 0.688. The second-order valence-corrected chi connectivity index (χ2v) is 6.53. The van der Waals surface area contributed by atoms with Crippen LogP contribution in [-0.2, 0) is 11.2 Å². The quantitative estimate of drug-likeness (QED) is 0.806. The van der Waals surface area contributed by atoms with Gasteiger partial charge in [-0.2, -0.15) is 0 Å². The van der Waals surface area contributed by atoms with Gasteiger partial charge in [0.15, 0.2) is 0 Å². The van der Waals surface area contributed by atoms with E-state index in [2.05, 4.69) is 12.2 Å². The summed E-state index contributed by atoms with van der Waals surface area (Å²) in [5.74, 6) is 3.27. The van der Waals surface area contributed by atoms with Gasteiger partial charge >= 0.3 is 0 Å². The molecule has 1 aliphatic rings. The summed E-state index contributed by atoms with van der Waals surface area (Å²) < 4.78 is 5.79. The maximum absolute atomic E-state index is 11.9. The largest absolute Gasteiger partial charge is 0.466 e. The molecule has 4 heteroatoms. The number of carbonyl (C=O) groups is 1. The highest BCUT2D eigenvalue weighted by Crippen LogP contribution is 2.47. The number of hydrogen-bond acceptors (Lipinski definition) is 3. The van der Waals surface area contributed by atoms with E-state index >= 15 is 0 Å². The first kappa shape index (κ1) is 15.1. The maximum Gasteiger partial charge on any atom is 0.220 e. The third-order valence-corrected chi connectivity index (χ3v) is 3.97. The van der Waals surface area contributed by atoms with E-state index in [4.69, 9.17) is 9.52 Å². The van der Waals surface area contributed by atoms with Crippen molar-refractivity contribution < 1.29 is 14.3 Å². The fourth-order valence-corrected chi connectivity index (χ4v) is 2.47. The summed E-state index contributed by atoms with van der Waals surface area (Å²) in [7, 11) is 0. The van der Waals surface area contributed by atoms with Gasteiger partial charge in [0.2, 0.25) is 5.91 Å². The number of aryl methyl sites for hydroxylation is 1. The van der Waals surface area contributed by atoms with Crippen LogP contribution in [-0.4, -0.2) is 23.2 Å². The molecule has 4 nitrogen and oxygen atoms in total. The topological polar surface area (TPSA) is 62.5 Å². The number of rotatable bonds is 7. The molecule has 1 saturated carbocycles. The molecule has 0 aromatic carbocycles. The van der Waals surface area contributed by atoms with Gasteiger partial charge in [-0.3, -0.25) is 4.79 Å². The normalized spacial score (nSPS) is 21.8. The lowest BCUT2D eigenvalue weighted by Crippen LogP contribution is -2.44. The average Bonchev–Trinajstić information content (AvgIpc) is 2.90. The minimum absolute atomic E-state index is 0.00110. The van der Waals surface area contributed by atoms with E-state index in [1.165, 1.54) is 6.42 Å². The summed E-state index contributed by atoms with van der Waals surface area (Å²) in [4.78, 5) is 11.9. The molecular weight excluding hydrogens is 254 g/mol. The highest BCUT2D eigenvalue weighted by molar-refractivity contribution is 5.76. The first-order chi connectivity index (χ1) is 9.41. The lowest BCUT2D eigenvalue weighted by molar-refractivity contribution is -0.122. The van der Waals surface area contributed by atoms with E-state index in [-0.39, 0.29) is 18.1 Å². The van der Waals surface area contributed by atoms with Gasteiger partial charge in [0, 0.05) is 30.9 Å². The number of furan rings is 1. The van der Waals surface area contributed by atoms with Crippen molar-refractivity contribution >= 4 is 5.91 Å². The number of amides is 1. The second kappa shape index (κ2) is 6.00. The molecule has 0 spiro atoms. The van der Waals surface area contributed by atoms with Crippen LogP contribution in [0.25, 0.3) is 0 Å². The van der Waals surface area contributed by atoms with Crippen molar-refractivity contribution in [1.29, 1.82) is 0 Å². The van der Waals surface area contributed by atoms with Crippen LogP contribution in [0, 0.1) is 5.92 Å². The van der Waals surface area contributed by atoms with Crippen LogP contribution < -0.4 is 5.32 Å². The highest BCUT2D eigenvalue weighted by atomic mass is 16.3.